The maximum absolute atomic E-state index is 9.83. The molecular weight excluding hydrogens is 172 g/mol. The van der Waals surface area contributed by atoms with Gasteiger partial charge in [0, 0.05) is 0 Å². The summed E-state index contributed by atoms with van der Waals surface area (Å²) in [5.41, 5.74) is 1.36. The average Bonchev–Trinajstić information content (AvgIpc) is 2.23. The second-order valence-electron chi connectivity index (χ2n) is 4.30. The van der Waals surface area contributed by atoms with E-state index in [1.54, 1.807) is 0 Å². The summed E-state index contributed by atoms with van der Waals surface area (Å²) >= 11 is 0. The van der Waals surface area contributed by atoms with E-state index in [9.17, 15) is 5.11 Å². The van der Waals surface area contributed by atoms with Gasteiger partial charge in [-0.25, -0.2) is 0 Å². The van der Waals surface area contributed by atoms with E-state index in [0.717, 1.165) is 12.8 Å². The number of hydrogen-bond donors (Lipinski definition) is 1. The summed E-state index contributed by atoms with van der Waals surface area (Å²) in [6.07, 6.45) is 5.65. The van der Waals surface area contributed by atoms with Crippen LogP contribution in [0, 0.1) is 5.92 Å². The molecule has 1 N–H and O–H groups in total. The smallest absolute Gasteiger partial charge is 0.0571 e. The molecule has 0 saturated heterocycles. The third-order valence-corrected chi connectivity index (χ3v) is 3.21. The molecule has 1 nitrogen and oxygen atoms in total. The van der Waals surface area contributed by atoms with Gasteiger partial charge in [0.05, 0.1) is 6.10 Å². The topological polar surface area (TPSA) is 20.2 Å². The lowest BCUT2D eigenvalue weighted by Gasteiger charge is -2.27. The van der Waals surface area contributed by atoms with Gasteiger partial charge in [-0.1, -0.05) is 43.2 Å². The maximum Gasteiger partial charge on any atom is 0.0571 e. The average molecular weight is 190 g/mol. The lowest BCUT2D eigenvalue weighted by molar-refractivity contribution is 0.0700. The zero-order valence-corrected chi connectivity index (χ0v) is 8.52. The van der Waals surface area contributed by atoms with Crippen LogP contribution in [0.5, 0.6) is 0 Å². The minimum Gasteiger partial charge on any atom is -0.393 e. The molecule has 76 valence electrons. The molecule has 1 aliphatic rings. The first kappa shape index (κ1) is 9.72. The molecule has 14 heavy (non-hydrogen) atoms. The molecule has 0 heterocycles. The van der Waals surface area contributed by atoms with Crippen LogP contribution >= 0.6 is 0 Å². The molecule has 0 spiro atoms. The van der Waals surface area contributed by atoms with Gasteiger partial charge < -0.3 is 5.11 Å². The first-order valence-electron chi connectivity index (χ1n) is 5.58. The summed E-state index contributed by atoms with van der Waals surface area (Å²) in [5, 5.41) is 9.83. The molecule has 1 fully saturated rings. The Morgan fingerprint density at radius 2 is 1.79 bits per heavy atom. The van der Waals surface area contributed by atoms with Crippen molar-refractivity contribution in [3.8, 4) is 0 Å². The Kier molecular flexibility index (Phi) is 3.20. The quantitative estimate of drug-likeness (QED) is 0.760. The summed E-state index contributed by atoms with van der Waals surface area (Å²) in [6.45, 7) is 0. The van der Waals surface area contributed by atoms with Crippen LogP contribution < -0.4 is 0 Å². The van der Waals surface area contributed by atoms with Crippen molar-refractivity contribution in [1.82, 2.24) is 0 Å². The van der Waals surface area contributed by atoms with Gasteiger partial charge in [0.1, 0.15) is 0 Å². The third kappa shape index (κ3) is 2.36. The second kappa shape index (κ2) is 4.61. The number of hydrogen-bond acceptors (Lipinski definition) is 1. The fourth-order valence-electron chi connectivity index (χ4n) is 2.34. The summed E-state index contributed by atoms with van der Waals surface area (Å²) in [7, 11) is 0. The van der Waals surface area contributed by atoms with E-state index >= 15 is 0 Å². The normalized spacial score (nSPS) is 27.5. The number of benzene rings is 1. The number of rotatable bonds is 2. The molecule has 0 aromatic heterocycles. The van der Waals surface area contributed by atoms with Crippen LogP contribution in [0.1, 0.15) is 31.2 Å². The Balaban J connectivity index is 1.96. The molecule has 1 aliphatic carbocycles. The Labute approximate surface area is 85.8 Å². The fraction of sp³-hybridized carbons (Fsp3) is 0.538. The minimum absolute atomic E-state index is 0.0658. The Bertz CT molecular complexity index is 268. The molecule has 0 bridgehead atoms. The van der Waals surface area contributed by atoms with Crippen molar-refractivity contribution in [2.75, 3.05) is 0 Å². The lowest BCUT2D eigenvalue weighted by Crippen LogP contribution is -2.26. The first-order chi connectivity index (χ1) is 6.86. The molecule has 1 aromatic rings. The van der Waals surface area contributed by atoms with E-state index in [1.165, 1.54) is 24.8 Å². The van der Waals surface area contributed by atoms with Gasteiger partial charge in [-0.05, 0) is 30.7 Å². The highest BCUT2D eigenvalue weighted by Gasteiger charge is 2.22. The molecular formula is C13H18O. The molecule has 2 atom stereocenters. The molecule has 1 heteroatoms. The van der Waals surface area contributed by atoms with Crippen LogP contribution in [0.2, 0.25) is 0 Å². The van der Waals surface area contributed by atoms with Crippen LogP contribution in [-0.4, -0.2) is 11.2 Å². The van der Waals surface area contributed by atoms with Crippen LogP contribution in [0.15, 0.2) is 30.3 Å². The third-order valence-electron chi connectivity index (χ3n) is 3.21. The standard InChI is InChI=1S/C13H18O/c14-13-9-5-4-8-12(13)10-11-6-2-1-3-7-11/h1-3,6-7,12-14H,4-5,8-10H2/t12-,13?/m1/s1. The van der Waals surface area contributed by atoms with Gasteiger partial charge in [-0.2, -0.15) is 0 Å². The minimum atomic E-state index is -0.0658. The highest BCUT2D eigenvalue weighted by molar-refractivity contribution is 5.15. The zero-order chi connectivity index (χ0) is 9.80. The predicted molar refractivity (Wildman–Crippen MR) is 58.1 cm³/mol. The van der Waals surface area contributed by atoms with E-state index in [2.05, 4.69) is 24.3 Å². The van der Waals surface area contributed by atoms with Crippen molar-refractivity contribution in [3.63, 3.8) is 0 Å². The highest BCUT2D eigenvalue weighted by atomic mass is 16.3. The molecule has 2 rings (SSSR count). The van der Waals surface area contributed by atoms with Gasteiger partial charge >= 0.3 is 0 Å². The molecule has 1 saturated carbocycles. The van der Waals surface area contributed by atoms with Crippen LogP contribution in [0.4, 0.5) is 0 Å². The summed E-state index contributed by atoms with van der Waals surface area (Å²) < 4.78 is 0. The summed E-state index contributed by atoms with van der Waals surface area (Å²) in [4.78, 5) is 0. The lowest BCUT2D eigenvalue weighted by atomic mass is 9.82. The Hall–Kier alpha value is -0.820. The van der Waals surface area contributed by atoms with Crippen molar-refractivity contribution >= 4 is 0 Å². The van der Waals surface area contributed by atoms with Crippen LogP contribution in [-0.2, 0) is 6.42 Å². The Morgan fingerprint density at radius 1 is 1.07 bits per heavy atom. The maximum atomic E-state index is 9.83. The zero-order valence-electron chi connectivity index (χ0n) is 8.52. The van der Waals surface area contributed by atoms with Crippen LogP contribution in [0.25, 0.3) is 0 Å². The van der Waals surface area contributed by atoms with E-state index in [4.69, 9.17) is 0 Å². The monoisotopic (exact) mass is 190 g/mol. The van der Waals surface area contributed by atoms with E-state index in [0.29, 0.717) is 5.92 Å². The summed E-state index contributed by atoms with van der Waals surface area (Å²) in [6, 6.07) is 10.5. The van der Waals surface area contributed by atoms with Gasteiger partial charge in [0.2, 0.25) is 0 Å². The van der Waals surface area contributed by atoms with Crippen molar-refractivity contribution < 1.29 is 5.11 Å². The number of aliphatic hydroxyl groups excluding tert-OH is 1. The highest BCUT2D eigenvalue weighted by Crippen LogP contribution is 2.27. The second-order valence-corrected chi connectivity index (χ2v) is 4.30. The van der Waals surface area contributed by atoms with Crippen molar-refractivity contribution in [3.05, 3.63) is 35.9 Å². The molecule has 0 radical (unpaired) electrons. The van der Waals surface area contributed by atoms with Crippen molar-refractivity contribution in [2.45, 2.75) is 38.2 Å². The fourth-order valence-corrected chi connectivity index (χ4v) is 2.34. The number of aliphatic hydroxyl groups is 1. The largest absolute Gasteiger partial charge is 0.393 e. The SMILES string of the molecule is OC1CCCC[C@@H]1Cc1ccccc1. The van der Waals surface area contributed by atoms with E-state index < -0.39 is 0 Å². The van der Waals surface area contributed by atoms with E-state index in [1.807, 2.05) is 6.07 Å². The van der Waals surface area contributed by atoms with Gasteiger partial charge in [-0.15, -0.1) is 0 Å². The predicted octanol–water partition coefficient (Wildman–Crippen LogP) is 2.78. The van der Waals surface area contributed by atoms with Crippen molar-refractivity contribution in [2.24, 2.45) is 5.92 Å². The van der Waals surface area contributed by atoms with Gasteiger partial charge in [0.25, 0.3) is 0 Å². The Morgan fingerprint density at radius 3 is 2.50 bits per heavy atom. The van der Waals surface area contributed by atoms with Gasteiger partial charge in [0.15, 0.2) is 0 Å². The molecule has 1 aromatic carbocycles. The van der Waals surface area contributed by atoms with Crippen molar-refractivity contribution in [1.29, 1.82) is 0 Å². The molecule has 0 aliphatic heterocycles. The van der Waals surface area contributed by atoms with E-state index in [-0.39, 0.29) is 6.10 Å². The van der Waals surface area contributed by atoms with Crippen LogP contribution in [0.3, 0.4) is 0 Å². The van der Waals surface area contributed by atoms with Gasteiger partial charge in [-0.3, -0.25) is 0 Å². The summed E-state index contributed by atoms with van der Waals surface area (Å²) in [5.74, 6) is 0.492. The first-order valence-corrected chi connectivity index (χ1v) is 5.58. The molecule has 0 amide bonds. The molecule has 1 unspecified atom stereocenters.